The zero-order chi connectivity index (χ0) is 6.69. The van der Waals surface area contributed by atoms with Crippen LogP contribution in [0.5, 0.6) is 0 Å². The Kier molecular flexibility index (Phi) is 1.41. The van der Waals surface area contributed by atoms with Crippen LogP contribution in [-0.4, -0.2) is 9.97 Å². The molecule has 0 bridgehead atoms. The van der Waals surface area contributed by atoms with E-state index in [1.807, 2.05) is 6.92 Å². The molecule has 44 valence electrons. The molecule has 1 rings (SSSR count). The molecule has 0 saturated carbocycles. The summed E-state index contributed by atoms with van der Waals surface area (Å²) in [5, 5.41) is 0. The van der Waals surface area contributed by atoms with Crippen LogP contribution in [0.25, 0.3) is 4.85 Å². The first-order valence-corrected chi connectivity index (χ1v) is 2.48. The van der Waals surface area contributed by atoms with Gasteiger partial charge in [-0.2, -0.15) is 0 Å². The van der Waals surface area contributed by atoms with Gasteiger partial charge < -0.3 is 4.85 Å². The lowest BCUT2D eigenvalue weighted by Gasteiger charge is -1.88. The first-order chi connectivity index (χ1) is 4.34. The van der Waals surface area contributed by atoms with Crippen LogP contribution in [0.4, 0.5) is 5.82 Å². The SMILES string of the molecule is [C-]#[N+]c1ncncc1C. The first-order valence-electron chi connectivity index (χ1n) is 2.48. The van der Waals surface area contributed by atoms with Gasteiger partial charge in [0.15, 0.2) is 0 Å². The monoisotopic (exact) mass is 119 g/mol. The maximum atomic E-state index is 6.62. The standard InChI is InChI=1S/C6H5N3/c1-5-3-8-4-9-6(5)7-2/h3-4H,1H3. The van der Waals surface area contributed by atoms with Gasteiger partial charge in [0.25, 0.3) is 5.82 Å². The van der Waals surface area contributed by atoms with Crippen LogP contribution in [0.1, 0.15) is 5.56 Å². The summed E-state index contributed by atoms with van der Waals surface area (Å²) in [7, 11) is 0. The summed E-state index contributed by atoms with van der Waals surface area (Å²) in [5.74, 6) is 0.435. The third-order valence-electron chi connectivity index (χ3n) is 0.973. The smallest absolute Gasteiger partial charge is 0.275 e. The molecule has 3 nitrogen and oxygen atoms in total. The molecule has 0 aliphatic rings. The highest BCUT2D eigenvalue weighted by atomic mass is 14.9. The Morgan fingerprint density at radius 1 is 1.67 bits per heavy atom. The van der Waals surface area contributed by atoms with Crippen molar-refractivity contribution in [1.82, 2.24) is 9.97 Å². The summed E-state index contributed by atoms with van der Waals surface area (Å²) >= 11 is 0. The fourth-order valence-corrected chi connectivity index (χ4v) is 0.510. The second kappa shape index (κ2) is 2.23. The van der Waals surface area contributed by atoms with Gasteiger partial charge in [0.1, 0.15) is 0 Å². The van der Waals surface area contributed by atoms with Crippen LogP contribution in [-0.2, 0) is 0 Å². The van der Waals surface area contributed by atoms with Gasteiger partial charge in [0.05, 0.1) is 0 Å². The molecule has 3 heteroatoms. The van der Waals surface area contributed by atoms with Crippen molar-refractivity contribution in [2.75, 3.05) is 0 Å². The van der Waals surface area contributed by atoms with Gasteiger partial charge >= 0.3 is 0 Å². The molecular weight excluding hydrogens is 114 g/mol. The number of aromatic nitrogens is 2. The van der Waals surface area contributed by atoms with Crippen molar-refractivity contribution in [2.24, 2.45) is 0 Å². The van der Waals surface area contributed by atoms with Gasteiger partial charge in [-0.1, -0.05) is 6.57 Å². The van der Waals surface area contributed by atoms with Crippen molar-refractivity contribution >= 4 is 5.82 Å². The number of hydrogen-bond donors (Lipinski definition) is 0. The highest BCUT2D eigenvalue weighted by molar-refractivity contribution is 5.41. The second-order valence-electron chi connectivity index (χ2n) is 1.64. The molecule has 0 amide bonds. The predicted octanol–water partition coefficient (Wildman–Crippen LogP) is 1.34. The molecule has 0 aromatic carbocycles. The highest BCUT2D eigenvalue weighted by Gasteiger charge is 1.94. The Bertz CT molecular complexity index is 249. The average molecular weight is 119 g/mol. The van der Waals surface area contributed by atoms with E-state index in [1.165, 1.54) is 6.33 Å². The van der Waals surface area contributed by atoms with Gasteiger partial charge in [-0.15, -0.1) is 4.98 Å². The quantitative estimate of drug-likeness (QED) is 0.482. The maximum absolute atomic E-state index is 6.62. The highest BCUT2D eigenvalue weighted by Crippen LogP contribution is 2.10. The van der Waals surface area contributed by atoms with Gasteiger partial charge in [0.2, 0.25) is 6.33 Å². The van der Waals surface area contributed by atoms with E-state index >= 15 is 0 Å². The van der Waals surface area contributed by atoms with E-state index < -0.39 is 0 Å². The van der Waals surface area contributed by atoms with Crippen molar-refractivity contribution in [1.29, 1.82) is 0 Å². The number of hydrogen-bond acceptors (Lipinski definition) is 2. The summed E-state index contributed by atoms with van der Waals surface area (Å²) < 4.78 is 0. The minimum absolute atomic E-state index is 0.435. The van der Waals surface area contributed by atoms with Gasteiger partial charge in [-0.25, -0.2) is 4.98 Å². The van der Waals surface area contributed by atoms with Crippen molar-refractivity contribution in [3.05, 3.63) is 29.5 Å². The minimum Gasteiger partial charge on any atom is -0.360 e. The van der Waals surface area contributed by atoms with Crippen molar-refractivity contribution in [2.45, 2.75) is 6.92 Å². The first kappa shape index (κ1) is 5.70. The molecule has 1 aromatic heterocycles. The topological polar surface area (TPSA) is 30.1 Å². The third kappa shape index (κ3) is 1.03. The lowest BCUT2D eigenvalue weighted by molar-refractivity contribution is 1.15. The third-order valence-corrected chi connectivity index (χ3v) is 0.973. The molecule has 1 heterocycles. The van der Waals surface area contributed by atoms with Gasteiger partial charge in [-0.3, -0.25) is 0 Å². The molecule has 1 aromatic rings. The van der Waals surface area contributed by atoms with E-state index in [0.717, 1.165) is 5.56 Å². The van der Waals surface area contributed by atoms with Crippen molar-refractivity contribution in [3.63, 3.8) is 0 Å². The van der Waals surface area contributed by atoms with Crippen molar-refractivity contribution in [3.8, 4) is 0 Å². The summed E-state index contributed by atoms with van der Waals surface area (Å²) in [6.45, 7) is 8.43. The Morgan fingerprint density at radius 3 is 2.89 bits per heavy atom. The number of aryl methyl sites for hydroxylation is 1. The average Bonchev–Trinajstić information content (AvgIpc) is 1.89. The van der Waals surface area contributed by atoms with Crippen LogP contribution < -0.4 is 0 Å². The molecule has 9 heavy (non-hydrogen) atoms. The minimum atomic E-state index is 0.435. The van der Waals surface area contributed by atoms with E-state index in [4.69, 9.17) is 6.57 Å². The Balaban J connectivity index is 3.20. The van der Waals surface area contributed by atoms with Gasteiger partial charge in [-0.05, 0) is 12.5 Å². The molecule has 0 N–H and O–H groups in total. The van der Waals surface area contributed by atoms with E-state index in [2.05, 4.69) is 14.8 Å². The largest absolute Gasteiger partial charge is 0.360 e. The second-order valence-corrected chi connectivity index (χ2v) is 1.64. The zero-order valence-electron chi connectivity index (χ0n) is 5.00. The molecule has 0 unspecified atom stereocenters. The number of nitrogens with zero attached hydrogens (tertiary/aromatic N) is 3. The molecule has 0 spiro atoms. The molecule has 0 aliphatic heterocycles. The Labute approximate surface area is 53.2 Å². The normalized spacial score (nSPS) is 8.44. The van der Waals surface area contributed by atoms with E-state index in [1.54, 1.807) is 6.20 Å². The summed E-state index contributed by atoms with van der Waals surface area (Å²) in [4.78, 5) is 10.6. The van der Waals surface area contributed by atoms with E-state index in [-0.39, 0.29) is 0 Å². The lowest BCUT2D eigenvalue weighted by atomic mass is 10.4. The van der Waals surface area contributed by atoms with Crippen molar-refractivity contribution < 1.29 is 0 Å². The predicted molar refractivity (Wildman–Crippen MR) is 33.0 cm³/mol. The fourth-order valence-electron chi connectivity index (χ4n) is 0.510. The molecule has 0 atom stereocenters. The van der Waals surface area contributed by atoms with Crippen LogP contribution >= 0.6 is 0 Å². The van der Waals surface area contributed by atoms with E-state index in [9.17, 15) is 0 Å². The summed E-state index contributed by atoms with van der Waals surface area (Å²) in [6, 6.07) is 0. The van der Waals surface area contributed by atoms with Crippen LogP contribution in [0.3, 0.4) is 0 Å². The molecule has 0 saturated heterocycles. The molecule has 0 radical (unpaired) electrons. The van der Waals surface area contributed by atoms with Gasteiger partial charge in [0, 0.05) is 6.20 Å². The summed E-state index contributed by atoms with van der Waals surface area (Å²) in [5.41, 5.74) is 0.826. The van der Waals surface area contributed by atoms with Crippen LogP contribution in [0, 0.1) is 13.5 Å². The number of rotatable bonds is 0. The fraction of sp³-hybridized carbons (Fsp3) is 0.167. The van der Waals surface area contributed by atoms with Crippen LogP contribution in [0.15, 0.2) is 12.5 Å². The van der Waals surface area contributed by atoms with E-state index in [0.29, 0.717) is 5.82 Å². The molecule has 0 fully saturated rings. The van der Waals surface area contributed by atoms with Crippen LogP contribution in [0.2, 0.25) is 0 Å². The maximum Gasteiger partial charge on any atom is 0.275 e. The Hall–Kier alpha value is -1.43. The summed E-state index contributed by atoms with van der Waals surface area (Å²) in [6.07, 6.45) is 3.00. The molecular formula is C6H5N3. The molecule has 0 aliphatic carbocycles. The lowest BCUT2D eigenvalue weighted by Crippen LogP contribution is -1.78. The zero-order valence-corrected chi connectivity index (χ0v) is 5.00. The Morgan fingerprint density at radius 2 is 2.44 bits per heavy atom.